The van der Waals surface area contributed by atoms with Gasteiger partial charge in [-0.2, -0.15) is 26.3 Å². The number of hydrogen-bond acceptors (Lipinski definition) is 1. The number of halogens is 6. The van der Waals surface area contributed by atoms with Crippen LogP contribution in [-0.4, -0.2) is 11.5 Å². The van der Waals surface area contributed by atoms with E-state index in [9.17, 15) is 26.3 Å². The van der Waals surface area contributed by atoms with Crippen molar-refractivity contribution in [1.29, 1.82) is 0 Å². The second-order valence-corrected chi connectivity index (χ2v) is 7.04. The van der Waals surface area contributed by atoms with Crippen LogP contribution in [0.2, 0.25) is 0 Å². The molecule has 0 aliphatic carbocycles. The fourth-order valence-electron chi connectivity index (χ4n) is 3.53. The number of unbranched alkanes of at least 4 members (excludes halogenated alkanes) is 1. The first kappa shape index (κ1) is 21.2. The zero-order valence-corrected chi connectivity index (χ0v) is 15.6. The van der Waals surface area contributed by atoms with E-state index < -0.39 is 23.5 Å². The van der Waals surface area contributed by atoms with E-state index >= 15 is 0 Å². The van der Waals surface area contributed by atoms with Gasteiger partial charge in [-0.05, 0) is 62.1 Å². The average molecular weight is 414 g/mol. The fourth-order valence-corrected chi connectivity index (χ4v) is 3.53. The van der Waals surface area contributed by atoms with Crippen molar-refractivity contribution in [1.82, 2.24) is 4.98 Å². The van der Waals surface area contributed by atoms with Crippen LogP contribution < -0.4 is 5.73 Å². The normalized spacial score (nSPS) is 12.7. The maximum Gasteiger partial charge on any atom is 0.417 e. The number of fused-ring (bicyclic) bond motifs is 1. The predicted molar refractivity (Wildman–Crippen MR) is 100 cm³/mol. The second kappa shape index (κ2) is 7.74. The minimum absolute atomic E-state index is 0.175. The minimum Gasteiger partial charge on any atom is -0.354 e. The number of aromatic amines is 1. The van der Waals surface area contributed by atoms with Crippen LogP contribution >= 0.6 is 0 Å². The number of H-pyrrole nitrogens is 1. The molecule has 0 fully saturated rings. The summed E-state index contributed by atoms with van der Waals surface area (Å²) in [7, 11) is 0. The van der Waals surface area contributed by atoms with Gasteiger partial charge in [0.2, 0.25) is 0 Å². The lowest BCUT2D eigenvalue weighted by Gasteiger charge is -2.14. The Morgan fingerprint density at radius 1 is 0.931 bits per heavy atom. The average Bonchev–Trinajstić information content (AvgIpc) is 2.98. The van der Waals surface area contributed by atoms with Gasteiger partial charge in [0.05, 0.1) is 11.1 Å². The summed E-state index contributed by atoms with van der Waals surface area (Å²) in [5.41, 5.74) is 5.01. The van der Waals surface area contributed by atoms with Crippen molar-refractivity contribution < 1.29 is 26.3 Å². The van der Waals surface area contributed by atoms with Crippen LogP contribution in [0.15, 0.2) is 36.4 Å². The molecule has 0 atom stereocenters. The van der Waals surface area contributed by atoms with Crippen molar-refractivity contribution in [3.05, 3.63) is 58.7 Å². The molecule has 0 aliphatic heterocycles. The first-order chi connectivity index (χ1) is 13.5. The van der Waals surface area contributed by atoms with E-state index in [0.29, 0.717) is 36.2 Å². The highest BCUT2D eigenvalue weighted by atomic mass is 19.4. The van der Waals surface area contributed by atoms with Gasteiger partial charge in [-0.15, -0.1) is 0 Å². The number of rotatable bonds is 5. The van der Waals surface area contributed by atoms with Crippen LogP contribution in [0.25, 0.3) is 22.2 Å². The number of benzene rings is 2. The van der Waals surface area contributed by atoms with Gasteiger partial charge in [0, 0.05) is 16.6 Å². The Labute approximate surface area is 163 Å². The zero-order chi connectivity index (χ0) is 21.4. The molecule has 0 saturated carbocycles. The third kappa shape index (κ3) is 4.42. The zero-order valence-electron chi connectivity index (χ0n) is 15.6. The van der Waals surface area contributed by atoms with Gasteiger partial charge in [0.15, 0.2) is 0 Å². The molecule has 156 valence electrons. The smallest absolute Gasteiger partial charge is 0.354 e. The Bertz CT molecular complexity index is 1010. The largest absolute Gasteiger partial charge is 0.417 e. The van der Waals surface area contributed by atoms with Crippen LogP contribution in [0.4, 0.5) is 26.3 Å². The summed E-state index contributed by atoms with van der Waals surface area (Å²) in [5, 5.41) is -0.209. The molecule has 0 saturated heterocycles. The van der Waals surface area contributed by atoms with Crippen LogP contribution in [0.3, 0.4) is 0 Å². The molecule has 0 bridgehead atoms. The minimum atomic E-state index is -4.92. The molecule has 29 heavy (non-hydrogen) atoms. The summed E-state index contributed by atoms with van der Waals surface area (Å²) in [5.74, 6) is 0. The van der Waals surface area contributed by atoms with Crippen LogP contribution in [-0.2, 0) is 18.8 Å². The fraction of sp³-hybridized carbons (Fsp3) is 0.333. The molecule has 0 aliphatic rings. The number of aromatic nitrogens is 1. The van der Waals surface area contributed by atoms with Crippen LogP contribution in [0.5, 0.6) is 0 Å². The van der Waals surface area contributed by atoms with E-state index in [-0.39, 0.29) is 23.4 Å². The Morgan fingerprint density at radius 3 is 2.24 bits per heavy atom. The van der Waals surface area contributed by atoms with Gasteiger partial charge >= 0.3 is 12.4 Å². The van der Waals surface area contributed by atoms with Gasteiger partial charge in [0.1, 0.15) is 0 Å². The lowest BCUT2D eigenvalue weighted by molar-refractivity contribution is -0.142. The maximum atomic E-state index is 13.7. The highest BCUT2D eigenvalue weighted by Crippen LogP contribution is 2.43. The number of aryl methyl sites for hydroxylation is 2. The van der Waals surface area contributed by atoms with Crippen molar-refractivity contribution in [3.8, 4) is 11.3 Å². The number of nitrogens with two attached hydrogens (primary N) is 1. The Hall–Kier alpha value is -2.48. The maximum absolute atomic E-state index is 13.7. The van der Waals surface area contributed by atoms with Crippen molar-refractivity contribution >= 4 is 10.9 Å². The summed E-state index contributed by atoms with van der Waals surface area (Å²) in [6, 6.07) is 8.05. The Morgan fingerprint density at radius 2 is 1.66 bits per heavy atom. The predicted octanol–water partition coefficient (Wildman–Crippen LogP) is 6.46. The van der Waals surface area contributed by atoms with E-state index in [1.165, 1.54) is 0 Å². The van der Waals surface area contributed by atoms with Gasteiger partial charge < -0.3 is 10.7 Å². The topological polar surface area (TPSA) is 41.8 Å². The Balaban J connectivity index is 2.34. The lowest BCUT2D eigenvalue weighted by atomic mass is 9.95. The first-order valence-electron chi connectivity index (χ1n) is 9.12. The first-order valence-corrected chi connectivity index (χ1v) is 9.12. The molecule has 1 heterocycles. The van der Waals surface area contributed by atoms with E-state index in [1.807, 2.05) is 13.0 Å². The van der Waals surface area contributed by atoms with E-state index in [2.05, 4.69) is 4.98 Å². The molecule has 2 aromatic carbocycles. The van der Waals surface area contributed by atoms with Gasteiger partial charge in [-0.1, -0.05) is 23.8 Å². The SMILES string of the molecule is Cc1cccc(-c2[nH]c3cc(C(F)(F)F)cc(C(F)(F)F)c3c2CCCCN)c1. The molecule has 3 aromatic rings. The van der Waals surface area contributed by atoms with Crippen molar-refractivity contribution in [2.75, 3.05) is 6.54 Å². The van der Waals surface area contributed by atoms with Gasteiger partial charge in [-0.25, -0.2) is 0 Å². The van der Waals surface area contributed by atoms with Crippen LogP contribution in [0, 0.1) is 6.92 Å². The molecule has 0 amide bonds. The number of hydrogen-bond donors (Lipinski definition) is 2. The highest BCUT2D eigenvalue weighted by Gasteiger charge is 2.39. The van der Waals surface area contributed by atoms with E-state index in [4.69, 9.17) is 5.73 Å². The van der Waals surface area contributed by atoms with Gasteiger partial charge in [-0.3, -0.25) is 0 Å². The molecular formula is C21H20F6N2. The van der Waals surface area contributed by atoms with E-state index in [0.717, 1.165) is 11.6 Å². The monoisotopic (exact) mass is 414 g/mol. The second-order valence-electron chi connectivity index (χ2n) is 7.04. The molecule has 1 aromatic heterocycles. The van der Waals surface area contributed by atoms with Crippen molar-refractivity contribution in [2.24, 2.45) is 5.73 Å². The number of nitrogens with one attached hydrogen (secondary N) is 1. The summed E-state index contributed by atoms with van der Waals surface area (Å²) in [6.07, 6.45) is -8.41. The molecule has 0 radical (unpaired) electrons. The highest BCUT2D eigenvalue weighted by molar-refractivity contribution is 5.94. The van der Waals surface area contributed by atoms with Crippen molar-refractivity contribution in [2.45, 2.75) is 38.5 Å². The van der Waals surface area contributed by atoms with Crippen molar-refractivity contribution in [3.63, 3.8) is 0 Å². The molecule has 2 nitrogen and oxygen atoms in total. The third-order valence-electron chi connectivity index (χ3n) is 4.82. The standard InChI is InChI=1S/C21H20F6N2/c1-12-5-4-6-13(9-12)19-15(7-2-3-8-28)18-16(21(25,26)27)10-14(20(22,23)24)11-17(18)29-19/h4-6,9-11,29H,2-3,7-8,28H2,1H3. The molecule has 3 N–H and O–H groups in total. The molecular weight excluding hydrogens is 394 g/mol. The molecule has 0 unspecified atom stereocenters. The quantitative estimate of drug-likeness (QED) is 0.365. The molecule has 3 rings (SSSR count). The lowest BCUT2D eigenvalue weighted by Crippen LogP contribution is -2.11. The van der Waals surface area contributed by atoms with Gasteiger partial charge in [0.25, 0.3) is 0 Å². The van der Waals surface area contributed by atoms with Crippen LogP contribution in [0.1, 0.15) is 35.1 Å². The summed E-state index contributed by atoms with van der Waals surface area (Å²) in [4.78, 5) is 2.83. The summed E-state index contributed by atoms with van der Waals surface area (Å²) >= 11 is 0. The summed E-state index contributed by atoms with van der Waals surface area (Å²) in [6.45, 7) is 2.22. The third-order valence-corrected chi connectivity index (χ3v) is 4.82. The number of alkyl halides is 6. The van der Waals surface area contributed by atoms with E-state index in [1.54, 1.807) is 18.2 Å². The molecule has 8 heteroatoms. The molecule has 0 spiro atoms. The summed E-state index contributed by atoms with van der Waals surface area (Å²) < 4.78 is 80.8. The Kier molecular flexibility index (Phi) is 5.67.